The van der Waals surface area contributed by atoms with E-state index < -0.39 is 35.6 Å². The fraction of sp³-hybridized carbons (Fsp3) is 0.324. The number of nitrogens with zero attached hydrogens (tertiary/aromatic N) is 1. The maximum absolute atomic E-state index is 14.4. The number of rotatable bonds is 11. The van der Waals surface area contributed by atoms with E-state index in [1.165, 1.54) is 4.90 Å². The first kappa shape index (κ1) is 31.9. The number of hydrogen-bond acceptors (Lipinski definition) is 5. The second-order valence-electron chi connectivity index (χ2n) is 11.1. The van der Waals surface area contributed by atoms with Crippen molar-refractivity contribution in [1.82, 2.24) is 10.2 Å². The number of hydrogen-bond donors (Lipinski definition) is 2. The molecule has 0 aromatic heterocycles. The zero-order valence-electron chi connectivity index (χ0n) is 25.3. The van der Waals surface area contributed by atoms with Crippen molar-refractivity contribution >= 4 is 23.6 Å². The number of anilines is 1. The van der Waals surface area contributed by atoms with Crippen LogP contribution in [0.4, 0.5) is 10.5 Å². The summed E-state index contributed by atoms with van der Waals surface area (Å²) in [6.45, 7) is 13.1. The first-order valence-electron chi connectivity index (χ1n) is 13.9. The lowest BCUT2D eigenvalue weighted by Gasteiger charge is -2.34. The van der Waals surface area contributed by atoms with Crippen LogP contribution in [-0.2, 0) is 20.7 Å². The summed E-state index contributed by atoms with van der Waals surface area (Å²) in [5.41, 5.74) is 3.31. The molecular formula is C34H41N3O5. The summed E-state index contributed by atoms with van der Waals surface area (Å²) in [7, 11) is 1.57. The molecule has 0 fully saturated rings. The van der Waals surface area contributed by atoms with E-state index in [-0.39, 0.29) is 13.0 Å². The van der Waals surface area contributed by atoms with Crippen LogP contribution in [0.2, 0.25) is 0 Å². The van der Waals surface area contributed by atoms with Gasteiger partial charge in [0.1, 0.15) is 23.4 Å². The molecule has 0 saturated heterocycles. The fourth-order valence-electron chi connectivity index (χ4n) is 4.45. The van der Waals surface area contributed by atoms with Crippen LogP contribution in [-0.4, -0.2) is 48.1 Å². The first-order valence-corrected chi connectivity index (χ1v) is 13.9. The number of aryl methyl sites for hydroxylation is 2. The Bertz CT molecular complexity index is 1380. The van der Waals surface area contributed by atoms with E-state index in [9.17, 15) is 14.4 Å². The molecule has 8 nitrogen and oxygen atoms in total. The molecular weight excluding hydrogens is 530 g/mol. The van der Waals surface area contributed by atoms with Crippen molar-refractivity contribution in [3.8, 4) is 5.75 Å². The normalized spacial score (nSPS) is 12.4. The summed E-state index contributed by atoms with van der Waals surface area (Å²) >= 11 is 0. The van der Waals surface area contributed by atoms with E-state index >= 15 is 0 Å². The van der Waals surface area contributed by atoms with E-state index in [0.717, 1.165) is 16.7 Å². The van der Waals surface area contributed by atoms with Crippen molar-refractivity contribution in [3.05, 3.63) is 108 Å². The van der Waals surface area contributed by atoms with E-state index in [0.29, 0.717) is 17.0 Å². The van der Waals surface area contributed by atoms with Crippen molar-refractivity contribution in [1.29, 1.82) is 0 Å². The predicted octanol–water partition coefficient (Wildman–Crippen LogP) is 6.14. The fourth-order valence-corrected chi connectivity index (χ4v) is 4.45. The van der Waals surface area contributed by atoms with E-state index in [1.807, 2.05) is 62.4 Å². The van der Waals surface area contributed by atoms with Gasteiger partial charge in [-0.25, -0.2) is 4.79 Å². The molecule has 3 amide bonds. The van der Waals surface area contributed by atoms with Crippen LogP contribution in [0.15, 0.2) is 85.5 Å². The molecule has 8 heteroatoms. The third kappa shape index (κ3) is 8.96. The first-order chi connectivity index (χ1) is 19.9. The van der Waals surface area contributed by atoms with Crippen LogP contribution in [0.25, 0.3) is 0 Å². The van der Waals surface area contributed by atoms with Crippen LogP contribution in [0.1, 0.15) is 49.1 Å². The Balaban J connectivity index is 2.05. The summed E-state index contributed by atoms with van der Waals surface area (Å²) in [6.07, 6.45) is 1.05. The Morgan fingerprint density at radius 3 is 2.19 bits per heavy atom. The molecule has 2 N–H and O–H groups in total. The average Bonchev–Trinajstić information content (AvgIpc) is 2.94. The van der Waals surface area contributed by atoms with Crippen molar-refractivity contribution in [2.75, 3.05) is 19.0 Å². The Morgan fingerprint density at radius 1 is 0.952 bits per heavy atom. The van der Waals surface area contributed by atoms with Gasteiger partial charge in [0.15, 0.2) is 0 Å². The standard InChI is InChI=1S/C34H41N3O5/c1-8-20-37(32(39)29(22-25-12-10-9-11-13-25)36-33(40)42-34(4,5)6)30(26-15-14-23(2)24(3)21-26)31(38)35-27-16-18-28(41-7)19-17-27/h8-19,21,29-30H,1,20,22H2,2-7H3,(H,35,38)(H,36,40). The maximum Gasteiger partial charge on any atom is 0.408 e. The van der Waals surface area contributed by atoms with Gasteiger partial charge >= 0.3 is 6.09 Å². The summed E-state index contributed by atoms with van der Waals surface area (Å²) in [4.78, 5) is 42.7. The molecule has 3 rings (SSSR count). The van der Waals surface area contributed by atoms with Crippen LogP contribution in [0.3, 0.4) is 0 Å². The number of benzene rings is 3. The number of ether oxygens (including phenoxy) is 2. The van der Waals surface area contributed by atoms with Crippen molar-refractivity contribution in [2.24, 2.45) is 0 Å². The zero-order chi connectivity index (χ0) is 30.9. The number of carbonyl (C=O) groups is 3. The Labute approximate surface area is 248 Å². The number of amides is 3. The van der Waals surface area contributed by atoms with E-state index in [1.54, 1.807) is 58.2 Å². The van der Waals surface area contributed by atoms with Gasteiger partial charge in [0.25, 0.3) is 5.91 Å². The lowest BCUT2D eigenvalue weighted by atomic mass is 9.97. The number of nitrogens with one attached hydrogen (secondary N) is 2. The zero-order valence-corrected chi connectivity index (χ0v) is 25.3. The quantitative estimate of drug-likeness (QED) is 0.270. The third-order valence-corrected chi connectivity index (χ3v) is 6.64. The molecule has 2 unspecified atom stereocenters. The molecule has 0 aliphatic heterocycles. The summed E-state index contributed by atoms with van der Waals surface area (Å²) in [5.74, 6) is -0.203. The maximum atomic E-state index is 14.4. The second-order valence-corrected chi connectivity index (χ2v) is 11.1. The predicted molar refractivity (Wildman–Crippen MR) is 165 cm³/mol. The monoisotopic (exact) mass is 571 g/mol. The minimum absolute atomic E-state index is 0.0632. The molecule has 0 bridgehead atoms. The van der Waals surface area contributed by atoms with Gasteiger partial charge in [0.2, 0.25) is 5.91 Å². The molecule has 0 aliphatic carbocycles. The lowest BCUT2D eigenvalue weighted by molar-refractivity contribution is -0.140. The molecule has 0 aliphatic rings. The van der Waals surface area contributed by atoms with Gasteiger partial charge in [-0.2, -0.15) is 0 Å². The molecule has 0 saturated carbocycles. The van der Waals surface area contributed by atoms with Crippen LogP contribution in [0, 0.1) is 13.8 Å². The van der Waals surface area contributed by atoms with Crippen molar-refractivity contribution in [2.45, 2.75) is 58.7 Å². The Morgan fingerprint density at radius 2 is 1.62 bits per heavy atom. The third-order valence-electron chi connectivity index (χ3n) is 6.64. The summed E-state index contributed by atoms with van der Waals surface area (Å²) < 4.78 is 10.7. The van der Waals surface area contributed by atoms with Crippen molar-refractivity contribution in [3.63, 3.8) is 0 Å². The highest BCUT2D eigenvalue weighted by Crippen LogP contribution is 2.27. The van der Waals surface area contributed by atoms with Gasteiger partial charge in [-0.15, -0.1) is 6.58 Å². The molecule has 0 heterocycles. The summed E-state index contributed by atoms with van der Waals surface area (Å²) in [5, 5.41) is 5.70. The Kier molecular flexibility index (Phi) is 10.9. The number of carbonyl (C=O) groups excluding carboxylic acids is 3. The van der Waals surface area contributed by atoms with Gasteiger partial charge in [-0.3, -0.25) is 9.59 Å². The van der Waals surface area contributed by atoms with Gasteiger partial charge in [0.05, 0.1) is 7.11 Å². The van der Waals surface area contributed by atoms with Crippen molar-refractivity contribution < 1.29 is 23.9 Å². The number of alkyl carbamates (subject to hydrolysis) is 1. The molecule has 3 aromatic carbocycles. The van der Waals surface area contributed by atoms with Gasteiger partial charge < -0.3 is 25.0 Å². The summed E-state index contributed by atoms with van der Waals surface area (Å²) in [6, 6.07) is 20.0. The molecule has 222 valence electrons. The Hall–Kier alpha value is -4.59. The number of methoxy groups -OCH3 is 1. The van der Waals surface area contributed by atoms with E-state index in [4.69, 9.17) is 9.47 Å². The van der Waals surface area contributed by atoms with Crippen LogP contribution in [0.5, 0.6) is 5.75 Å². The smallest absolute Gasteiger partial charge is 0.408 e. The van der Waals surface area contributed by atoms with Gasteiger partial charge in [0, 0.05) is 18.7 Å². The molecule has 2 atom stereocenters. The minimum atomic E-state index is -1.02. The molecule has 3 aromatic rings. The molecule has 0 radical (unpaired) electrons. The van der Waals surface area contributed by atoms with Gasteiger partial charge in [-0.1, -0.05) is 54.6 Å². The SMILES string of the molecule is C=CCN(C(=O)C(Cc1ccccc1)NC(=O)OC(C)(C)C)C(C(=O)Nc1ccc(OC)cc1)c1ccc(C)c(C)c1. The highest BCUT2D eigenvalue weighted by Gasteiger charge is 2.36. The van der Waals surface area contributed by atoms with E-state index in [2.05, 4.69) is 17.2 Å². The molecule has 42 heavy (non-hydrogen) atoms. The van der Waals surface area contributed by atoms with Gasteiger partial charge in [-0.05, 0) is 81.1 Å². The second kappa shape index (κ2) is 14.3. The highest BCUT2D eigenvalue weighted by atomic mass is 16.6. The van der Waals surface area contributed by atoms with Crippen LogP contribution >= 0.6 is 0 Å². The van der Waals surface area contributed by atoms with Crippen LogP contribution < -0.4 is 15.4 Å². The topological polar surface area (TPSA) is 97.0 Å². The largest absolute Gasteiger partial charge is 0.497 e. The highest BCUT2D eigenvalue weighted by molar-refractivity contribution is 5.99. The molecule has 0 spiro atoms. The minimum Gasteiger partial charge on any atom is -0.497 e. The average molecular weight is 572 g/mol. The lowest BCUT2D eigenvalue weighted by Crippen LogP contribution is -2.53.